The maximum absolute atomic E-state index is 13.4. The molecular weight excluding hydrogens is 222 g/mol. The van der Waals surface area contributed by atoms with E-state index in [1.165, 1.54) is 12.1 Å². The summed E-state index contributed by atoms with van der Waals surface area (Å²) >= 11 is 0. The molecule has 92 valence electrons. The van der Waals surface area contributed by atoms with Crippen molar-refractivity contribution in [1.29, 1.82) is 5.26 Å². The molecule has 0 amide bonds. The molecule has 0 fully saturated rings. The van der Waals surface area contributed by atoms with Crippen molar-refractivity contribution in [3.05, 3.63) is 35.4 Å². The van der Waals surface area contributed by atoms with Gasteiger partial charge in [-0.1, -0.05) is 13.0 Å². The zero-order chi connectivity index (χ0) is 12.8. The minimum atomic E-state index is -0.572. The van der Waals surface area contributed by atoms with E-state index in [1.807, 2.05) is 18.9 Å². The van der Waals surface area contributed by atoms with Gasteiger partial charge in [0.25, 0.3) is 0 Å². The van der Waals surface area contributed by atoms with Gasteiger partial charge >= 0.3 is 0 Å². The van der Waals surface area contributed by atoms with Gasteiger partial charge in [-0.15, -0.1) is 0 Å². The number of halogens is 2. The van der Waals surface area contributed by atoms with Crippen LogP contribution >= 0.6 is 0 Å². The molecule has 0 saturated heterocycles. The molecule has 0 N–H and O–H groups in total. The molecule has 0 aliphatic heterocycles. The Bertz CT molecular complexity index is 412. The van der Waals surface area contributed by atoms with E-state index in [0.29, 0.717) is 18.7 Å². The van der Waals surface area contributed by atoms with E-state index in [1.54, 1.807) is 0 Å². The average Bonchev–Trinajstić information content (AvgIpc) is 2.29. The third-order valence-electron chi connectivity index (χ3n) is 2.66. The van der Waals surface area contributed by atoms with Gasteiger partial charge in [-0.2, -0.15) is 5.26 Å². The van der Waals surface area contributed by atoms with Crippen LogP contribution in [0.1, 0.15) is 18.9 Å². The summed E-state index contributed by atoms with van der Waals surface area (Å²) in [5.41, 5.74) is 0.446. The van der Waals surface area contributed by atoms with Crippen LogP contribution in [0.25, 0.3) is 0 Å². The first-order chi connectivity index (χ1) is 8.06. The third-order valence-corrected chi connectivity index (χ3v) is 2.66. The Hall–Kier alpha value is -1.47. The van der Waals surface area contributed by atoms with Gasteiger partial charge in [0, 0.05) is 24.7 Å². The van der Waals surface area contributed by atoms with Crippen LogP contribution in [0.3, 0.4) is 0 Å². The molecule has 1 rings (SSSR count). The summed E-state index contributed by atoms with van der Waals surface area (Å²) in [5, 5.41) is 8.83. The Morgan fingerprint density at radius 2 is 2.12 bits per heavy atom. The first-order valence-corrected chi connectivity index (χ1v) is 5.59. The lowest BCUT2D eigenvalue weighted by Gasteiger charge is -2.19. The number of benzene rings is 1. The van der Waals surface area contributed by atoms with Gasteiger partial charge in [0.15, 0.2) is 0 Å². The molecule has 0 spiro atoms. The molecule has 0 bridgehead atoms. The normalized spacial score (nSPS) is 12.5. The van der Waals surface area contributed by atoms with Crippen LogP contribution in [0.15, 0.2) is 18.2 Å². The molecule has 0 aromatic heterocycles. The monoisotopic (exact) mass is 238 g/mol. The fraction of sp³-hybridized carbons (Fsp3) is 0.462. The maximum Gasteiger partial charge on any atom is 0.130 e. The average molecular weight is 238 g/mol. The molecule has 1 unspecified atom stereocenters. The summed E-state index contributed by atoms with van der Waals surface area (Å²) in [6, 6.07) is 5.76. The van der Waals surface area contributed by atoms with Gasteiger partial charge in [-0.25, -0.2) is 8.78 Å². The fourth-order valence-electron chi connectivity index (χ4n) is 1.64. The van der Waals surface area contributed by atoms with Crippen LogP contribution in [-0.2, 0) is 6.54 Å². The number of nitrogens with zero attached hydrogens (tertiary/aromatic N) is 2. The van der Waals surface area contributed by atoms with E-state index in [-0.39, 0.29) is 5.92 Å². The van der Waals surface area contributed by atoms with Gasteiger partial charge in [0.05, 0.1) is 12.0 Å². The van der Waals surface area contributed by atoms with E-state index >= 15 is 0 Å². The van der Waals surface area contributed by atoms with Crippen molar-refractivity contribution in [1.82, 2.24) is 4.90 Å². The third kappa shape index (κ3) is 4.12. The van der Waals surface area contributed by atoms with Gasteiger partial charge in [-0.3, -0.25) is 0 Å². The van der Waals surface area contributed by atoms with Crippen LogP contribution in [0.4, 0.5) is 8.78 Å². The Morgan fingerprint density at radius 3 is 2.65 bits per heavy atom. The van der Waals surface area contributed by atoms with E-state index in [2.05, 4.69) is 6.07 Å². The quantitative estimate of drug-likeness (QED) is 0.788. The van der Waals surface area contributed by atoms with Crippen LogP contribution in [-0.4, -0.2) is 18.5 Å². The Morgan fingerprint density at radius 1 is 1.41 bits per heavy atom. The molecule has 0 aliphatic rings. The number of nitriles is 1. The van der Waals surface area contributed by atoms with Crippen LogP contribution < -0.4 is 0 Å². The Balaban J connectivity index is 2.62. The lowest BCUT2D eigenvalue weighted by molar-refractivity contribution is 0.288. The van der Waals surface area contributed by atoms with Gasteiger partial charge in [-0.05, 0) is 19.5 Å². The van der Waals surface area contributed by atoms with Crippen molar-refractivity contribution < 1.29 is 8.78 Å². The highest BCUT2D eigenvalue weighted by Crippen LogP contribution is 2.13. The van der Waals surface area contributed by atoms with Gasteiger partial charge in [0.1, 0.15) is 11.6 Å². The van der Waals surface area contributed by atoms with Crippen molar-refractivity contribution in [2.45, 2.75) is 19.9 Å². The molecule has 1 aromatic rings. The summed E-state index contributed by atoms with van der Waals surface area (Å²) in [7, 11) is 1.82. The van der Waals surface area contributed by atoms with Gasteiger partial charge in [0.2, 0.25) is 0 Å². The summed E-state index contributed by atoms with van der Waals surface area (Å²) < 4.78 is 26.1. The summed E-state index contributed by atoms with van der Waals surface area (Å²) in [6.45, 7) is 2.91. The summed E-state index contributed by atoms with van der Waals surface area (Å²) in [6.07, 6.45) is 0.771. The van der Waals surface area contributed by atoms with Gasteiger partial charge < -0.3 is 4.90 Å². The molecule has 0 saturated carbocycles. The van der Waals surface area contributed by atoms with E-state index in [4.69, 9.17) is 5.26 Å². The molecule has 4 heteroatoms. The lowest BCUT2D eigenvalue weighted by Crippen LogP contribution is -2.24. The molecule has 0 aliphatic carbocycles. The zero-order valence-electron chi connectivity index (χ0n) is 10.1. The molecule has 17 heavy (non-hydrogen) atoms. The van der Waals surface area contributed by atoms with Crippen molar-refractivity contribution in [3.8, 4) is 6.07 Å². The zero-order valence-corrected chi connectivity index (χ0v) is 10.1. The van der Waals surface area contributed by atoms with Crippen molar-refractivity contribution in [2.24, 2.45) is 5.92 Å². The minimum absolute atomic E-state index is 0.0523. The largest absolute Gasteiger partial charge is 0.301 e. The predicted octanol–water partition coefficient (Wildman–Crippen LogP) is 2.95. The number of rotatable bonds is 5. The van der Waals surface area contributed by atoms with E-state index in [0.717, 1.165) is 12.5 Å². The van der Waals surface area contributed by atoms with Crippen LogP contribution in [0.5, 0.6) is 0 Å². The molecule has 2 nitrogen and oxygen atoms in total. The smallest absolute Gasteiger partial charge is 0.130 e. The minimum Gasteiger partial charge on any atom is -0.301 e. The maximum atomic E-state index is 13.4. The first kappa shape index (κ1) is 13.6. The second-order valence-electron chi connectivity index (χ2n) is 4.17. The topological polar surface area (TPSA) is 27.0 Å². The second kappa shape index (κ2) is 6.31. The number of hydrogen-bond acceptors (Lipinski definition) is 2. The SMILES string of the molecule is CCC(C#N)CN(C)Cc1ccc(F)cc1F. The van der Waals surface area contributed by atoms with Crippen molar-refractivity contribution in [2.75, 3.05) is 13.6 Å². The number of hydrogen-bond donors (Lipinski definition) is 0. The molecule has 0 radical (unpaired) electrons. The lowest BCUT2D eigenvalue weighted by atomic mass is 10.1. The predicted molar refractivity (Wildman–Crippen MR) is 62.1 cm³/mol. The molecule has 0 heterocycles. The highest BCUT2D eigenvalue weighted by Gasteiger charge is 2.11. The molecule has 1 atom stereocenters. The van der Waals surface area contributed by atoms with Crippen LogP contribution in [0.2, 0.25) is 0 Å². The highest BCUT2D eigenvalue weighted by molar-refractivity contribution is 5.18. The Kier molecular flexibility index (Phi) is 5.05. The van der Waals surface area contributed by atoms with E-state index in [9.17, 15) is 8.78 Å². The van der Waals surface area contributed by atoms with E-state index < -0.39 is 11.6 Å². The highest BCUT2D eigenvalue weighted by atomic mass is 19.1. The summed E-state index contributed by atoms with van der Waals surface area (Å²) in [5.74, 6) is -1.16. The summed E-state index contributed by atoms with van der Waals surface area (Å²) in [4.78, 5) is 1.87. The Labute approximate surface area is 100 Å². The van der Waals surface area contributed by atoms with Crippen molar-refractivity contribution >= 4 is 0 Å². The second-order valence-corrected chi connectivity index (χ2v) is 4.17. The van der Waals surface area contributed by atoms with Crippen molar-refractivity contribution in [3.63, 3.8) is 0 Å². The first-order valence-electron chi connectivity index (χ1n) is 5.59. The van der Waals surface area contributed by atoms with Crippen LogP contribution in [0, 0.1) is 28.9 Å². The molecule has 1 aromatic carbocycles. The standard InChI is InChI=1S/C13H16F2N2/c1-3-10(7-16)8-17(2)9-11-4-5-12(14)6-13(11)15/h4-6,10H,3,8-9H2,1-2H3. The molecular formula is C13H16F2N2. The fourth-order valence-corrected chi connectivity index (χ4v) is 1.64.